The molecule has 0 bridgehead atoms. The molecule has 0 spiro atoms. The standard InChI is InChI=1S/C11H7BrF2O2/c12-3-4-7-8(4)11(15)16-10-6(14)2-1-5(13)9(7)10/h1-2,4,7-8H,3H2. The van der Waals surface area contributed by atoms with Crippen LogP contribution >= 0.6 is 15.9 Å². The van der Waals surface area contributed by atoms with Gasteiger partial charge in [0.1, 0.15) is 5.82 Å². The molecule has 1 aliphatic carbocycles. The van der Waals surface area contributed by atoms with E-state index >= 15 is 0 Å². The van der Waals surface area contributed by atoms with Gasteiger partial charge in [0, 0.05) is 16.8 Å². The fraction of sp³-hybridized carbons (Fsp3) is 0.364. The summed E-state index contributed by atoms with van der Waals surface area (Å²) in [5, 5.41) is 0.590. The number of fused-ring (bicyclic) bond motifs is 3. The highest BCUT2D eigenvalue weighted by atomic mass is 79.9. The largest absolute Gasteiger partial charge is 0.423 e. The van der Waals surface area contributed by atoms with Crippen molar-refractivity contribution in [3.8, 4) is 5.75 Å². The Morgan fingerprint density at radius 1 is 1.25 bits per heavy atom. The second kappa shape index (κ2) is 3.26. The minimum atomic E-state index is -0.677. The molecule has 1 aliphatic heterocycles. The minimum Gasteiger partial charge on any atom is -0.423 e. The number of carbonyl (C=O) groups is 1. The van der Waals surface area contributed by atoms with Gasteiger partial charge in [0.05, 0.1) is 5.92 Å². The van der Waals surface area contributed by atoms with Crippen LogP contribution in [0.2, 0.25) is 0 Å². The van der Waals surface area contributed by atoms with Crippen molar-refractivity contribution in [2.24, 2.45) is 11.8 Å². The van der Waals surface area contributed by atoms with Crippen molar-refractivity contribution in [1.29, 1.82) is 0 Å². The quantitative estimate of drug-likeness (QED) is 0.451. The van der Waals surface area contributed by atoms with Gasteiger partial charge in [0.15, 0.2) is 11.6 Å². The van der Waals surface area contributed by atoms with E-state index in [1.54, 1.807) is 0 Å². The Morgan fingerprint density at radius 2 is 1.94 bits per heavy atom. The van der Waals surface area contributed by atoms with Gasteiger partial charge in [0.25, 0.3) is 0 Å². The predicted molar refractivity (Wildman–Crippen MR) is 55.5 cm³/mol. The van der Waals surface area contributed by atoms with Gasteiger partial charge >= 0.3 is 5.97 Å². The average Bonchev–Trinajstić information content (AvgIpc) is 2.98. The maximum absolute atomic E-state index is 13.6. The summed E-state index contributed by atoms with van der Waals surface area (Å²) in [7, 11) is 0. The normalized spacial score (nSPS) is 30.4. The van der Waals surface area contributed by atoms with Gasteiger partial charge in [-0.1, -0.05) is 15.9 Å². The second-order valence-corrected chi connectivity index (χ2v) is 4.71. The molecule has 3 unspecified atom stereocenters. The number of alkyl halides is 1. The molecule has 1 heterocycles. The van der Waals surface area contributed by atoms with E-state index in [1.165, 1.54) is 0 Å². The van der Waals surface area contributed by atoms with Crippen LogP contribution in [0.4, 0.5) is 8.78 Å². The fourth-order valence-electron chi connectivity index (χ4n) is 2.41. The second-order valence-electron chi connectivity index (χ2n) is 4.06. The Labute approximate surface area is 98.7 Å². The first-order valence-corrected chi connectivity index (χ1v) is 6.03. The highest BCUT2D eigenvalue weighted by Gasteiger charge is 2.60. The van der Waals surface area contributed by atoms with E-state index < -0.39 is 17.6 Å². The van der Waals surface area contributed by atoms with Crippen LogP contribution in [0, 0.1) is 23.5 Å². The van der Waals surface area contributed by atoms with Gasteiger partial charge in [-0.05, 0) is 18.1 Å². The Balaban J connectivity index is 2.16. The molecule has 84 valence electrons. The molecule has 1 aromatic rings. The molecule has 1 saturated carbocycles. The number of rotatable bonds is 1. The minimum absolute atomic E-state index is 0.0186. The lowest BCUT2D eigenvalue weighted by atomic mass is 10.0. The molecule has 1 aromatic carbocycles. The third-order valence-corrected chi connectivity index (χ3v) is 4.00. The summed E-state index contributed by atoms with van der Waals surface area (Å²) in [5.74, 6) is -2.38. The van der Waals surface area contributed by atoms with E-state index in [-0.39, 0.29) is 29.1 Å². The zero-order valence-electron chi connectivity index (χ0n) is 8.04. The molecule has 5 heteroatoms. The van der Waals surface area contributed by atoms with E-state index in [1.807, 2.05) is 0 Å². The van der Waals surface area contributed by atoms with Gasteiger partial charge < -0.3 is 4.74 Å². The first-order chi connectivity index (χ1) is 7.65. The molecule has 0 radical (unpaired) electrons. The van der Waals surface area contributed by atoms with Crippen molar-refractivity contribution >= 4 is 21.9 Å². The molecule has 0 N–H and O–H groups in total. The van der Waals surface area contributed by atoms with E-state index in [2.05, 4.69) is 15.9 Å². The summed E-state index contributed by atoms with van der Waals surface area (Å²) < 4.78 is 31.8. The topological polar surface area (TPSA) is 26.3 Å². The maximum Gasteiger partial charge on any atom is 0.315 e. The Hall–Kier alpha value is -0.970. The number of hydrogen-bond donors (Lipinski definition) is 0. The van der Waals surface area contributed by atoms with E-state index in [0.29, 0.717) is 5.33 Å². The highest BCUT2D eigenvalue weighted by molar-refractivity contribution is 9.09. The molecule has 3 atom stereocenters. The van der Waals surface area contributed by atoms with Crippen molar-refractivity contribution in [2.45, 2.75) is 5.92 Å². The molecule has 2 aliphatic rings. The summed E-state index contributed by atoms with van der Waals surface area (Å²) >= 11 is 3.26. The van der Waals surface area contributed by atoms with Crippen LogP contribution in [-0.2, 0) is 4.79 Å². The molecule has 1 fully saturated rings. The van der Waals surface area contributed by atoms with Crippen LogP contribution in [0.15, 0.2) is 12.1 Å². The van der Waals surface area contributed by atoms with Crippen molar-refractivity contribution in [1.82, 2.24) is 0 Å². The lowest BCUT2D eigenvalue weighted by Gasteiger charge is -2.15. The van der Waals surface area contributed by atoms with Crippen LogP contribution in [-0.4, -0.2) is 11.3 Å². The molecule has 3 rings (SSSR count). The summed E-state index contributed by atoms with van der Waals surface area (Å²) in [4.78, 5) is 11.5. The SMILES string of the molecule is O=C1Oc2c(F)ccc(F)c2C2C(CBr)C12. The number of benzene rings is 1. The van der Waals surface area contributed by atoms with Crippen molar-refractivity contribution in [3.05, 3.63) is 29.3 Å². The number of esters is 1. The number of halogens is 3. The van der Waals surface area contributed by atoms with Crippen LogP contribution in [0.3, 0.4) is 0 Å². The lowest BCUT2D eigenvalue weighted by molar-refractivity contribution is -0.137. The van der Waals surface area contributed by atoms with Gasteiger partial charge in [-0.2, -0.15) is 0 Å². The van der Waals surface area contributed by atoms with Gasteiger partial charge in [-0.15, -0.1) is 0 Å². The third-order valence-electron chi connectivity index (χ3n) is 3.25. The van der Waals surface area contributed by atoms with E-state index in [0.717, 1.165) is 12.1 Å². The Kier molecular flexibility index (Phi) is 2.08. The monoisotopic (exact) mass is 288 g/mol. The number of ether oxygens (including phenoxy) is 1. The maximum atomic E-state index is 13.6. The molecule has 0 amide bonds. The predicted octanol–water partition coefficient (Wildman–Crippen LogP) is 2.61. The first-order valence-electron chi connectivity index (χ1n) is 4.90. The Morgan fingerprint density at radius 3 is 2.62 bits per heavy atom. The zero-order valence-corrected chi connectivity index (χ0v) is 9.63. The smallest absolute Gasteiger partial charge is 0.315 e. The zero-order chi connectivity index (χ0) is 11.4. The summed E-state index contributed by atoms with van der Waals surface area (Å²) in [6.45, 7) is 0. The van der Waals surface area contributed by atoms with E-state index in [4.69, 9.17) is 4.74 Å². The average molecular weight is 289 g/mol. The van der Waals surface area contributed by atoms with E-state index in [9.17, 15) is 13.6 Å². The molecular weight excluding hydrogens is 282 g/mol. The Bertz CT molecular complexity index is 489. The van der Waals surface area contributed by atoms with Gasteiger partial charge in [-0.25, -0.2) is 8.78 Å². The number of hydrogen-bond acceptors (Lipinski definition) is 2. The summed E-state index contributed by atoms with van der Waals surface area (Å²) in [6, 6.07) is 2.06. The van der Waals surface area contributed by atoms with Gasteiger partial charge in [0.2, 0.25) is 0 Å². The van der Waals surface area contributed by atoms with Crippen LogP contribution in [0.25, 0.3) is 0 Å². The molecule has 0 saturated heterocycles. The third kappa shape index (κ3) is 1.18. The molecule has 16 heavy (non-hydrogen) atoms. The lowest BCUT2D eigenvalue weighted by Crippen LogP contribution is -2.18. The molecule has 2 nitrogen and oxygen atoms in total. The highest BCUT2D eigenvalue weighted by Crippen LogP contribution is 2.60. The van der Waals surface area contributed by atoms with Crippen LogP contribution < -0.4 is 4.74 Å². The van der Waals surface area contributed by atoms with Crippen LogP contribution in [0.1, 0.15) is 11.5 Å². The summed E-state index contributed by atoms with van der Waals surface area (Å²) in [5.41, 5.74) is 0.217. The molecular formula is C11H7BrF2O2. The summed E-state index contributed by atoms with van der Waals surface area (Å²) in [6.07, 6.45) is 0. The van der Waals surface area contributed by atoms with Gasteiger partial charge in [-0.3, -0.25) is 4.79 Å². The first kappa shape index (κ1) is 10.2. The van der Waals surface area contributed by atoms with Crippen molar-refractivity contribution < 1.29 is 18.3 Å². The molecule has 0 aromatic heterocycles. The number of carbonyl (C=O) groups excluding carboxylic acids is 1. The van der Waals surface area contributed by atoms with Crippen molar-refractivity contribution in [3.63, 3.8) is 0 Å². The fourth-order valence-corrected chi connectivity index (χ4v) is 3.22. The van der Waals surface area contributed by atoms with Crippen LogP contribution in [0.5, 0.6) is 5.75 Å². The van der Waals surface area contributed by atoms with Crippen molar-refractivity contribution in [2.75, 3.05) is 5.33 Å².